The van der Waals surface area contributed by atoms with Crippen molar-refractivity contribution in [1.29, 1.82) is 0 Å². The van der Waals surface area contributed by atoms with Crippen molar-refractivity contribution in [2.24, 2.45) is 5.92 Å². The Morgan fingerprint density at radius 1 is 0.967 bits per heavy atom. The maximum absolute atomic E-state index is 13.5. The van der Waals surface area contributed by atoms with Gasteiger partial charge >= 0.3 is 5.97 Å². The fraction of sp³-hybridized carbons (Fsp3) is 0.231. The zero-order chi connectivity index (χ0) is 20.8. The third kappa shape index (κ3) is 2.75. The van der Waals surface area contributed by atoms with E-state index in [0.717, 1.165) is 22.2 Å². The quantitative estimate of drug-likeness (QED) is 0.333. The molecular formula is C26H23NO3. The summed E-state index contributed by atoms with van der Waals surface area (Å²) in [4.78, 5) is 26.0. The number of benzene rings is 3. The van der Waals surface area contributed by atoms with Crippen LogP contribution in [0.1, 0.15) is 40.4 Å². The van der Waals surface area contributed by atoms with E-state index in [1.54, 1.807) is 4.57 Å². The van der Waals surface area contributed by atoms with Crippen molar-refractivity contribution in [2.75, 3.05) is 7.11 Å². The number of rotatable bonds is 2. The summed E-state index contributed by atoms with van der Waals surface area (Å²) in [5, 5.41) is 3.42. The third-order valence-corrected chi connectivity index (χ3v) is 6.43. The Labute approximate surface area is 175 Å². The first-order chi connectivity index (χ1) is 14.6. The van der Waals surface area contributed by atoms with E-state index in [0.29, 0.717) is 12.8 Å². The fourth-order valence-electron chi connectivity index (χ4n) is 4.94. The van der Waals surface area contributed by atoms with Gasteiger partial charge in [-0.05, 0) is 47.7 Å². The first kappa shape index (κ1) is 18.6. The Balaban J connectivity index is 1.76. The van der Waals surface area contributed by atoms with Crippen molar-refractivity contribution < 1.29 is 14.3 Å². The van der Waals surface area contributed by atoms with Gasteiger partial charge in [0.25, 0.3) is 0 Å². The summed E-state index contributed by atoms with van der Waals surface area (Å²) in [5.41, 5.74) is 4.11. The average molecular weight is 397 g/mol. The lowest BCUT2D eigenvalue weighted by molar-refractivity contribution is -0.144. The van der Waals surface area contributed by atoms with Crippen LogP contribution in [-0.4, -0.2) is 23.6 Å². The second-order valence-electron chi connectivity index (χ2n) is 8.01. The molecule has 150 valence electrons. The molecule has 2 atom stereocenters. The Hall–Kier alpha value is -3.40. The minimum absolute atomic E-state index is 0.0283. The molecule has 0 aliphatic carbocycles. The zero-order valence-electron chi connectivity index (χ0n) is 17.1. The highest BCUT2D eigenvalue weighted by molar-refractivity contribution is 6.05. The first-order valence-corrected chi connectivity index (χ1v) is 10.3. The predicted molar refractivity (Wildman–Crippen MR) is 118 cm³/mol. The van der Waals surface area contributed by atoms with Crippen LogP contribution in [0.3, 0.4) is 0 Å². The van der Waals surface area contributed by atoms with E-state index in [1.807, 2.05) is 36.4 Å². The fourth-order valence-corrected chi connectivity index (χ4v) is 4.94. The minimum atomic E-state index is -0.783. The third-order valence-electron chi connectivity index (χ3n) is 6.43. The standard InChI is InChI=1S/C26H23NO3/c1-16-20-9-5-6-10-23(20)27-24(16)21(13-14-22(25(27)28)26(29)30-2)19-12-11-17-7-3-4-8-18(17)15-19/h3-12,15,21-22H,13-14H2,1-2H3/t21-,22-/m0/s1. The molecule has 4 aromatic rings. The molecule has 0 spiro atoms. The van der Waals surface area contributed by atoms with Gasteiger partial charge in [-0.3, -0.25) is 14.2 Å². The monoisotopic (exact) mass is 397 g/mol. The normalized spacial score (nSPS) is 18.9. The summed E-state index contributed by atoms with van der Waals surface area (Å²) < 4.78 is 6.75. The lowest BCUT2D eigenvalue weighted by Gasteiger charge is -2.18. The number of methoxy groups -OCH3 is 1. The zero-order valence-corrected chi connectivity index (χ0v) is 17.1. The smallest absolute Gasteiger partial charge is 0.318 e. The SMILES string of the molecule is COC(=O)[C@H]1CC[C@@H](c2ccc3ccccc3c2)c2c(C)c3ccccc3n2C1=O. The summed E-state index contributed by atoms with van der Waals surface area (Å²) >= 11 is 0. The molecular weight excluding hydrogens is 374 g/mol. The van der Waals surface area contributed by atoms with Crippen molar-refractivity contribution in [3.8, 4) is 0 Å². The van der Waals surface area contributed by atoms with Crippen LogP contribution >= 0.6 is 0 Å². The number of carbonyl (C=O) groups is 2. The number of nitrogens with zero attached hydrogens (tertiary/aromatic N) is 1. The number of ether oxygens (including phenoxy) is 1. The van der Waals surface area contributed by atoms with Gasteiger partial charge in [0.15, 0.2) is 0 Å². The number of para-hydroxylation sites is 1. The summed E-state index contributed by atoms with van der Waals surface area (Å²) in [6.45, 7) is 2.08. The number of fused-ring (bicyclic) bond motifs is 4. The summed E-state index contributed by atoms with van der Waals surface area (Å²) in [6.07, 6.45) is 1.18. The van der Waals surface area contributed by atoms with Crippen LogP contribution in [0.5, 0.6) is 0 Å². The highest BCUT2D eigenvalue weighted by Gasteiger charge is 2.38. The number of hydrogen-bond donors (Lipinski definition) is 0. The molecule has 1 aliphatic heterocycles. The molecule has 0 N–H and O–H groups in total. The van der Waals surface area contributed by atoms with Gasteiger partial charge in [-0.25, -0.2) is 0 Å². The van der Waals surface area contributed by atoms with Crippen LogP contribution in [0, 0.1) is 12.8 Å². The molecule has 0 bridgehead atoms. The van der Waals surface area contributed by atoms with Gasteiger partial charge in [0.2, 0.25) is 5.91 Å². The van der Waals surface area contributed by atoms with Gasteiger partial charge in [-0.2, -0.15) is 0 Å². The lowest BCUT2D eigenvalue weighted by Crippen LogP contribution is -2.29. The van der Waals surface area contributed by atoms with Gasteiger partial charge < -0.3 is 4.74 Å². The molecule has 1 aliphatic rings. The number of carbonyl (C=O) groups excluding carboxylic acids is 2. The molecule has 0 saturated heterocycles. The lowest BCUT2D eigenvalue weighted by atomic mass is 9.86. The van der Waals surface area contributed by atoms with Gasteiger partial charge in [0.05, 0.1) is 12.6 Å². The van der Waals surface area contributed by atoms with E-state index in [9.17, 15) is 9.59 Å². The molecule has 4 heteroatoms. The molecule has 0 saturated carbocycles. The van der Waals surface area contributed by atoms with Crippen molar-refractivity contribution in [1.82, 2.24) is 4.57 Å². The van der Waals surface area contributed by atoms with Gasteiger partial charge in [-0.15, -0.1) is 0 Å². The van der Waals surface area contributed by atoms with Gasteiger partial charge in [-0.1, -0.05) is 60.7 Å². The Morgan fingerprint density at radius 3 is 2.50 bits per heavy atom. The molecule has 5 rings (SSSR count). The van der Waals surface area contributed by atoms with Gasteiger partial charge in [0.1, 0.15) is 5.92 Å². The topological polar surface area (TPSA) is 48.3 Å². The second-order valence-corrected chi connectivity index (χ2v) is 8.01. The predicted octanol–water partition coefficient (Wildman–Crippen LogP) is 5.46. The molecule has 0 unspecified atom stereocenters. The molecule has 0 radical (unpaired) electrons. The number of hydrogen-bond acceptors (Lipinski definition) is 3. The molecule has 3 aromatic carbocycles. The van der Waals surface area contributed by atoms with Crippen molar-refractivity contribution in [3.63, 3.8) is 0 Å². The second kappa shape index (κ2) is 7.13. The van der Waals surface area contributed by atoms with Gasteiger partial charge in [0, 0.05) is 17.0 Å². The number of aryl methyl sites for hydroxylation is 1. The summed E-state index contributed by atoms with van der Waals surface area (Å²) in [7, 11) is 1.35. The van der Waals surface area contributed by atoms with Crippen LogP contribution in [0.4, 0.5) is 0 Å². The maximum Gasteiger partial charge on any atom is 0.318 e. The van der Waals surface area contributed by atoms with Crippen LogP contribution < -0.4 is 0 Å². The maximum atomic E-state index is 13.5. The average Bonchev–Trinajstić information content (AvgIpc) is 2.98. The number of aromatic nitrogens is 1. The van der Waals surface area contributed by atoms with Crippen LogP contribution in [-0.2, 0) is 9.53 Å². The van der Waals surface area contributed by atoms with Crippen molar-refractivity contribution in [2.45, 2.75) is 25.7 Å². The molecule has 30 heavy (non-hydrogen) atoms. The van der Waals surface area contributed by atoms with E-state index in [1.165, 1.54) is 23.4 Å². The first-order valence-electron chi connectivity index (χ1n) is 10.3. The molecule has 0 fully saturated rings. The summed E-state index contributed by atoms with van der Waals surface area (Å²) in [6, 6.07) is 22.7. The van der Waals surface area contributed by atoms with Crippen molar-refractivity contribution >= 4 is 33.6 Å². The highest BCUT2D eigenvalue weighted by atomic mass is 16.5. The molecule has 2 heterocycles. The van der Waals surface area contributed by atoms with Crippen molar-refractivity contribution in [3.05, 3.63) is 83.6 Å². The molecule has 1 aromatic heterocycles. The highest BCUT2D eigenvalue weighted by Crippen LogP contribution is 2.41. The van der Waals surface area contributed by atoms with E-state index >= 15 is 0 Å². The van der Waals surface area contributed by atoms with E-state index in [4.69, 9.17) is 4.74 Å². The summed E-state index contributed by atoms with van der Waals surface area (Å²) in [5.74, 6) is -1.40. The minimum Gasteiger partial charge on any atom is -0.468 e. The van der Waals surface area contributed by atoms with Crippen LogP contribution in [0.15, 0.2) is 66.7 Å². The Bertz CT molecular complexity index is 1300. The Morgan fingerprint density at radius 2 is 1.70 bits per heavy atom. The van der Waals surface area contributed by atoms with E-state index in [-0.39, 0.29) is 11.8 Å². The van der Waals surface area contributed by atoms with Crippen LogP contribution in [0.2, 0.25) is 0 Å². The van der Waals surface area contributed by atoms with E-state index < -0.39 is 11.9 Å². The largest absolute Gasteiger partial charge is 0.468 e. The molecule has 0 amide bonds. The number of esters is 1. The van der Waals surface area contributed by atoms with E-state index in [2.05, 4.69) is 37.3 Å². The van der Waals surface area contributed by atoms with Crippen LogP contribution in [0.25, 0.3) is 21.7 Å². The Kier molecular flexibility index (Phi) is 4.43. The molecule has 4 nitrogen and oxygen atoms in total.